The van der Waals surface area contributed by atoms with Gasteiger partial charge >= 0.3 is 12.4 Å². The molecule has 0 aliphatic carbocycles. The second kappa shape index (κ2) is 11.4. The van der Waals surface area contributed by atoms with Gasteiger partial charge in [-0.1, -0.05) is 49.7 Å². The van der Waals surface area contributed by atoms with Crippen molar-refractivity contribution in [2.45, 2.75) is 38.5 Å². The molecule has 0 spiro atoms. The Balaban J connectivity index is 0.000000223. The number of nitrogens with zero attached hydrogens (tertiary/aromatic N) is 3. The van der Waals surface area contributed by atoms with Crippen LogP contribution in [0.4, 0.5) is 38.1 Å². The fraction of sp³-hybridized carbons (Fsp3) is 0.231. The van der Waals surface area contributed by atoms with E-state index in [9.17, 15) is 31.1 Å². The van der Waals surface area contributed by atoms with E-state index in [1.165, 1.54) is 48.5 Å². The molecule has 0 fully saturated rings. The van der Waals surface area contributed by atoms with E-state index in [1.807, 2.05) is 6.92 Å². The van der Waals surface area contributed by atoms with E-state index in [0.29, 0.717) is 11.8 Å². The molecule has 6 nitrogen and oxygen atoms in total. The van der Waals surface area contributed by atoms with E-state index < -0.39 is 29.3 Å². The van der Waals surface area contributed by atoms with Gasteiger partial charge in [0, 0.05) is 17.5 Å². The number of anilines is 2. The maximum absolute atomic E-state index is 13.1. The highest BCUT2D eigenvalue weighted by Gasteiger charge is 2.35. The predicted octanol–water partition coefficient (Wildman–Crippen LogP) is 6.95. The summed E-state index contributed by atoms with van der Waals surface area (Å²) in [5.41, 5.74) is 9.62. The average Bonchev–Trinajstić information content (AvgIpc) is 2.86. The van der Waals surface area contributed by atoms with E-state index in [2.05, 4.69) is 15.0 Å². The van der Waals surface area contributed by atoms with Gasteiger partial charge in [0.2, 0.25) is 5.95 Å². The normalized spacial score (nSPS) is 11.7. The van der Waals surface area contributed by atoms with Gasteiger partial charge in [0.15, 0.2) is 11.4 Å². The van der Waals surface area contributed by atoms with Crippen LogP contribution in [0.3, 0.4) is 0 Å². The van der Waals surface area contributed by atoms with Crippen molar-refractivity contribution in [2.75, 3.05) is 11.5 Å². The zero-order valence-electron chi connectivity index (χ0n) is 20.1. The number of fused-ring (bicyclic) bond motifs is 1. The molecule has 0 radical (unpaired) electrons. The van der Waals surface area contributed by atoms with Gasteiger partial charge in [-0.2, -0.15) is 36.3 Å². The van der Waals surface area contributed by atoms with Gasteiger partial charge in [-0.3, -0.25) is 4.79 Å². The Morgan fingerprint density at radius 1 is 0.789 bits per heavy atom. The lowest BCUT2D eigenvalue weighted by atomic mass is 10.00. The molecule has 38 heavy (non-hydrogen) atoms. The second-order valence-corrected chi connectivity index (χ2v) is 8.15. The van der Waals surface area contributed by atoms with Gasteiger partial charge in [-0.05, 0) is 30.7 Å². The number of nitrogen functional groups attached to an aromatic ring is 2. The first-order valence-corrected chi connectivity index (χ1v) is 11.4. The molecule has 4 N–H and O–H groups in total. The molecule has 0 unspecified atom stereocenters. The van der Waals surface area contributed by atoms with E-state index >= 15 is 0 Å². The van der Waals surface area contributed by atoms with Crippen LogP contribution in [0.1, 0.15) is 47.7 Å². The second-order valence-electron chi connectivity index (χ2n) is 8.15. The lowest BCUT2D eigenvalue weighted by molar-refractivity contribution is -0.138. The molecule has 2 aromatic heterocycles. The van der Waals surface area contributed by atoms with Crippen molar-refractivity contribution in [3.8, 4) is 11.3 Å². The van der Waals surface area contributed by atoms with E-state index in [-0.39, 0.29) is 40.7 Å². The van der Waals surface area contributed by atoms with Crippen LogP contribution < -0.4 is 11.5 Å². The van der Waals surface area contributed by atoms with Crippen molar-refractivity contribution in [3.63, 3.8) is 0 Å². The van der Waals surface area contributed by atoms with Gasteiger partial charge in [0.05, 0.1) is 22.2 Å². The Morgan fingerprint density at radius 3 is 2.03 bits per heavy atom. The zero-order valence-corrected chi connectivity index (χ0v) is 20.1. The minimum absolute atomic E-state index is 0.0346. The number of hydrogen-bond donors (Lipinski definition) is 2. The number of carbonyl (C=O) groups is 1. The summed E-state index contributed by atoms with van der Waals surface area (Å²) in [6, 6.07) is 13.1. The first-order chi connectivity index (χ1) is 17.8. The number of benzene rings is 2. The summed E-state index contributed by atoms with van der Waals surface area (Å²) in [6.45, 7) is 1.89. The van der Waals surface area contributed by atoms with Gasteiger partial charge < -0.3 is 11.5 Å². The monoisotopic (exact) mass is 535 g/mol. The minimum atomic E-state index is -4.48. The van der Waals surface area contributed by atoms with Crippen LogP contribution >= 0.6 is 0 Å². The molecule has 0 amide bonds. The number of aromatic nitrogens is 3. The fourth-order valence-electron chi connectivity index (χ4n) is 3.60. The number of carbonyl (C=O) groups excluding carboxylic acids is 1. The van der Waals surface area contributed by atoms with Crippen LogP contribution in [0.15, 0.2) is 60.7 Å². The van der Waals surface area contributed by atoms with Crippen LogP contribution in [0.25, 0.3) is 22.3 Å². The summed E-state index contributed by atoms with van der Waals surface area (Å²) in [4.78, 5) is 23.4. The number of halogens is 6. The van der Waals surface area contributed by atoms with Gasteiger partial charge in [-0.25, -0.2) is 4.98 Å². The van der Waals surface area contributed by atoms with Crippen molar-refractivity contribution < 1.29 is 31.1 Å². The average molecular weight is 535 g/mol. The number of alkyl halides is 6. The van der Waals surface area contributed by atoms with Crippen LogP contribution in [0, 0.1) is 0 Å². The Bertz CT molecular complexity index is 1440. The van der Waals surface area contributed by atoms with E-state index in [0.717, 1.165) is 18.6 Å². The van der Waals surface area contributed by atoms with Crippen molar-refractivity contribution in [2.24, 2.45) is 0 Å². The SMILES string of the molecule is CCCCC(=O)c1ccccc1C(F)(F)F.Nc1nc(N)c2ccc(-c3ccccc3C(F)(F)F)nc2n1. The van der Waals surface area contributed by atoms with Gasteiger partial charge in [0.1, 0.15) is 5.82 Å². The number of nitrogens with two attached hydrogens (primary N) is 2. The number of pyridine rings is 1. The molecule has 0 atom stereocenters. The maximum Gasteiger partial charge on any atom is 0.417 e. The number of hydrogen-bond acceptors (Lipinski definition) is 6. The lowest BCUT2D eigenvalue weighted by Crippen LogP contribution is -2.12. The zero-order chi connectivity index (χ0) is 28.1. The summed E-state index contributed by atoms with van der Waals surface area (Å²) in [5.74, 6) is -0.390. The Morgan fingerprint density at radius 2 is 1.39 bits per heavy atom. The van der Waals surface area contributed by atoms with Crippen molar-refractivity contribution in [1.82, 2.24) is 15.0 Å². The van der Waals surface area contributed by atoms with Crippen molar-refractivity contribution >= 4 is 28.6 Å². The van der Waals surface area contributed by atoms with Crippen molar-refractivity contribution in [3.05, 3.63) is 77.4 Å². The summed E-state index contributed by atoms with van der Waals surface area (Å²) < 4.78 is 77.0. The Kier molecular flexibility index (Phi) is 8.54. The lowest BCUT2D eigenvalue weighted by Gasteiger charge is -2.12. The predicted molar refractivity (Wildman–Crippen MR) is 132 cm³/mol. The molecule has 2 aromatic carbocycles. The molecule has 0 aliphatic rings. The molecule has 0 saturated heterocycles. The Hall–Kier alpha value is -4.22. The molecule has 0 bridgehead atoms. The summed E-state index contributed by atoms with van der Waals surface area (Å²) in [5, 5.41) is 0.433. The van der Waals surface area contributed by atoms with Crippen LogP contribution in [-0.2, 0) is 12.4 Å². The third kappa shape index (κ3) is 6.75. The van der Waals surface area contributed by atoms with Gasteiger partial charge in [0.25, 0.3) is 0 Å². The van der Waals surface area contributed by atoms with Crippen LogP contribution in [-0.4, -0.2) is 20.7 Å². The van der Waals surface area contributed by atoms with Gasteiger partial charge in [-0.15, -0.1) is 0 Å². The molecule has 4 rings (SSSR count). The summed E-state index contributed by atoms with van der Waals surface area (Å²) >= 11 is 0. The molecule has 2 heterocycles. The third-order valence-corrected chi connectivity index (χ3v) is 5.41. The Labute approximate surface area is 213 Å². The van der Waals surface area contributed by atoms with Crippen molar-refractivity contribution in [1.29, 1.82) is 0 Å². The van der Waals surface area contributed by atoms with E-state index in [1.54, 1.807) is 0 Å². The highest BCUT2D eigenvalue weighted by Crippen LogP contribution is 2.37. The molecule has 0 aliphatic heterocycles. The largest absolute Gasteiger partial charge is 0.417 e. The number of ketones is 1. The highest BCUT2D eigenvalue weighted by molar-refractivity contribution is 5.97. The van der Waals surface area contributed by atoms with Crippen LogP contribution in [0.5, 0.6) is 0 Å². The smallest absolute Gasteiger partial charge is 0.383 e. The maximum atomic E-state index is 13.1. The third-order valence-electron chi connectivity index (χ3n) is 5.41. The fourth-order valence-corrected chi connectivity index (χ4v) is 3.60. The standard InChI is InChI=1S/C14H10F3N5.C12H13F3O/c15-14(16,17)9-4-2-1-3-7(9)10-6-5-8-11(18)21-13(19)22-12(8)20-10;1-2-3-8-11(16)9-6-4-5-7-10(9)12(13,14)15/h1-6H,(H4,18,19,20,21,22);4-7H,2-3,8H2,1H3. The number of Topliss-reactive ketones (excluding diaryl/α,β-unsaturated/α-hetero) is 1. The molecular weight excluding hydrogens is 512 g/mol. The topological polar surface area (TPSA) is 108 Å². The molecule has 12 heteroatoms. The highest BCUT2D eigenvalue weighted by atomic mass is 19.4. The molecule has 200 valence electrons. The number of unbranched alkanes of at least 4 members (excludes halogenated alkanes) is 1. The first-order valence-electron chi connectivity index (χ1n) is 11.4. The van der Waals surface area contributed by atoms with E-state index in [4.69, 9.17) is 11.5 Å². The molecular formula is C26H23F6N5O. The summed E-state index contributed by atoms with van der Waals surface area (Å²) in [6.07, 6.45) is -7.36. The molecule has 0 saturated carbocycles. The molecule has 4 aromatic rings. The number of rotatable bonds is 5. The quantitative estimate of drug-likeness (QED) is 0.211. The first kappa shape index (κ1) is 28.4. The minimum Gasteiger partial charge on any atom is -0.383 e. The van der Waals surface area contributed by atoms with Crippen LogP contribution in [0.2, 0.25) is 0 Å². The summed E-state index contributed by atoms with van der Waals surface area (Å²) in [7, 11) is 0.